The largest absolute Gasteiger partial charge is 0.464 e. The Hall–Kier alpha value is -2.04. The monoisotopic (exact) mass is 274 g/mol. The number of hydrogen-bond donors (Lipinski definition) is 0. The standard InChI is InChI=1S/C15H18N2O3/c1-4-20-15(19)13-9(2)12(14(17-13)10(3)18)11-5-7-16-8-6-11/h5-9,12-13H,4H2,1-3H3. The number of ether oxygens (including phenoxy) is 1. The van der Waals surface area contributed by atoms with Gasteiger partial charge >= 0.3 is 5.97 Å². The van der Waals surface area contributed by atoms with E-state index in [4.69, 9.17) is 4.74 Å². The SMILES string of the molecule is CCOC(=O)C1N=C(C(C)=O)C(c2ccncc2)C1C. The first-order valence-corrected chi connectivity index (χ1v) is 6.71. The first-order valence-electron chi connectivity index (χ1n) is 6.71. The molecule has 5 heteroatoms. The number of Topliss-reactive ketones (excluding diaryl/α,β-unsaturated/α-hetero) is 1. The molecule has 1 aromatic rings. The van der Waals surface area contributed by atoms with Gasteiger partial charge in [-0.15, -0.1) is 0 Å². The van der Waals surface area contributed by atoms with Crippen molar-refractivity contribution in [3.8, 4) is 0 Å². The fourth-order valence-electron chi connectivity index (χ4n) is 2.62. The summed E-state index contributed by atoms with van der Waals surface area (Å²) in [5.74, 6) is -0.749. The van der Waals surface area contributed by atoms with Crippen molar-refractivity contribution < 1.29 is 14.3 Å². The van der Waals surface area contributed by atoms with E-state index in [1.165, 1.54) is 6.92 Å². The number of rotatable bonds is 4. The summed E-state index contributed by atoms with van der Waals surface area (Å²) in [4.78, 5) is 32.0. The number of pyridine rings is 1. The van der Waals surface area contributed by atoms with Gasteiger partial charge < -0.3 is 4.74 Å². The maximum absolute atomic E-state index is 11.9. The van der Waals surface area contributed by atoms with E-state index in [0.717, 1.165) is 5.56 Å². The van der Waals surface area contributed by atoms with Gasteiger partial charge in [-0.05, 0) is 24.6 Å². The average Bonchev–Trinajstić information content (AvgIpc) is 2.78. The lowest BCUT2D eigenvalue weighted by molar-refractivity contribution is -0.145. The Labute approximate surface area is 118 Å². The van der Waals surface area contributed by atoms with Crippen molar-refractivity contribution >= 4 is 17.5 Å². The number of hydrogen-bond acceptors (Lipinski definition) is 5. The molecular formula is C15H18N2O3. The highest BCUT2D eigenvalue weighted by Gasteiger charge is 2.42. The number of aromatic nitrogens is 1. The van der Waals surface area contributed by atoms with Gasteiger partial charge in [-0.3, -0.25) is 14.8 Å². The lowest BCUT2D eigenvalue weighted by atomic mass is 9.82. The second kappa shape index (κ2) is 5.94. The maximum Gasteiger partial charge on any atom is 0.331 e. The third-order valence-electron chi connectivity index (χ3n) is 3.55. The van der Waals surface area contributed by atoms with E-state index in [2.05, 4.69) is 9.98 Å². The van der Waals surface area contributed by atoms with Crippen LogP contribution in [0.4, 0.5) is 0 Å². The number of carbonyl (C=O) groups excluding carboxylic acids is 2. The summed E-state index contributed by atoms with van der Waals surface area (Å²) in [6.07, 6.45) is 3.36. The minimum Gasteiger partial charge on any atom is -0.464 e. The Morgan fingerprint density at radius 2 is 1.95 bits per heavy atom. The Morgan fingerprint density at radius 1 is 1.30 bits per heavy atom. The van der Waals surface area contributed by atoms with Crippen molar-refractivity contribution in [2.75, 3.05) is 6.61 Å². The van der Waals surface area contributed by atoms with E-state index >= 15 is 0 Å². The summed E-state index contributed by atoms with van der Waals surface area (Å²) in [6, 6.07) is 3.10. The van der Waals surface area contributed by atoms with Crippen molar-refractivity contribution in [2.45, 2.75) is 32.7 Å². The van der Waals surface area contributed by atoms with Gasteiger partial charge in [-0.25, -0.2) is 4.79 Å². The molecule has 0 saturated heterocycles. The molecule has 1 aromatic heterocycles. The van der Waals surface area contributed by atoms with Crippen LogP contribution in [0, 0.1) is 5.92 Å². The highest BCUT2D eigenvalue weighted by Crippen LogP contribution is 2.36. The highest BCUT2D eigenvalue weighted by molar-refractivity contribution is 6.42. The minimum atomic E-state index is -0.605. The normalized spacial score (nSPS) is 25.1. The zero-order valence-corrected chi connectivity index (χ0v) is 11.9. The molecule has 0 bridgehead atoms. The van der Waals surface area contributed by atoms with Crippen molar-refractivity contribution in [1.29, 1.82) is 0 Å². The van der Waals surface area contributed by atoms with Gasteiger partial charge in [0.05, 0.1) is 12.3 Å². The van der Waals surface area contributed by atoms with Crippen LogP contribution in [0.1, 0.15) is 32.3 Å². The van der Waals surface area contributed by atoms with E-state index in [-0.39, 0.29) is 23.6 Å². The van der Waals surface area contributed by atoms with Crippen molar-refractivity contribution in [2.24, 2.45) is 10.9 Å². The molecule has 3 unspecified atom stereocenters. The zero-order valence-electron chi connectivity index (χ0n) is 11.9. The number of esters is 1. The van der Waals surface area contributed by atoms with Gasteiger partial charge in [-0.1, -0.05) is 6.92 Å². The van der Waals surface area contributed by atoms with E-state index in [1.807, 2.05) is 19.1 Å². The van der Waals surface area contributed by atoms with Crippen LogP contribution < -0.4 is 0 Å². The molecule has 1 aliphatic rings. The Kier molecular flexibility index (Phi) is 4.27. The fraction of sp³-hybridized carbons (Fsp3) is 0.467. The van der Waals surface area contributed by atoms with Crippen LogP contribution in [-0.4, -0.2) is 35.1 Å². The van der Waals surface area contributed by atoms with Crippen LogP contribution in [0.25, 0.3) is 0 Å². The Balaban J connectivity index is 2.35. The van der Waals surface area contributed by atoms with Gasteiger partial charge in [0.1, 0.15) is 0 Å². The number of nitrogens with zero attached hydrogens (tertiary/aromatic N) is 2. The summed E-state index contributed by atoms with van der Waals surface area (Å²) >= 11 is 0. The molecule has 0 aliphatic carbocycles. The topological polar surface area (TPSA) is 68.6 Å². The quantitative estimate of drug-likeness (QED) is 0.785. The first kappa shape index (κ1) is 14.4. The summed E-state index contributed by atoms with van der Waals surface area (Å²) in [7, 11) is 0. The average molecular weight is 274 g/mol. The number of carbonyl (C=O) groups is 2. The van der Waals surface area contributed by atoms with E-state index in [0.29, 0.717) is 12.3 Å². The predicted molar refractivity (Wildman–Crippen MR) is 74.7 cm³/mol. The molecule has 0 radical (unpaired) electrons. The number of aliphatic imine (C=N–C) groups is 1. The lowest BCUT2D eigenvalue weighted by Crippen LogP contribution is -2.28. The highest BCUT2D eigenvalue weighted by atomic mass is 16.5. The zero-order chi connectivity index (χ0) is 14.7. The smallest absolute Gasteiger partial charge is 0.331 e. The molecular weight excluding hydrogens is 256 g/mol. The molecule has 0 spiro atoms. The summed E-state index contributed by atoms with van der Waals surface area (Å²) in [5.41, 5.74) is 1.40. The lowest BCUT2D eigenvalue weighted by Gasteiger charge is -2.19. The maximum atomic E-state index is 11.9. The molecule has 0 N–H and O–H groups in total. The Bertz CT molecular complexity index is 539. The minimum absolute atomic E-state index is 0.102. The van der Waals surface area contributed by atoms with Gasteiger partial charge in [0, 0.05) is 31.2 Å². The molecule has 106 valence electrons. The van der Waals surface area contributed by atoms with Crippen molar-refractivity contribution in [1.82, 2.24) is 4.98 Å². The molecule has 2 rings (SSSR count). The second-order valence-electron chi connectivity index (χ2n) is 4.88. The summed E-state index contributed by atoms with van der Waals surface area (Å²) in [5, 5.41) is 0. The van der Waals surface area contributed by atoms with Crippen LogP contribution >= 0.6 is 0 Å². The van der Waals surface area contributed by atoms with Gasteiger partial charge in [0.2, 0.25) is 0 Å². The summed E-state index contributed by atoms with van der Waals surface area (Å²) < 4.78 is 5.04. The van der Waals surface area contributed by atoms with Crippen molar-refractivity contribution in [3.63, 3.8) is 0 Å². The van der Waals surface area contributed by atoms with Crippen molar-refractivity contribution in [3.05, 3.63) is 30.1 Å². The molecule has 0 aromatic carbocycles. The molecule has 1 aliphatic heterocycles. The molecule has 0 fully saturated rings. The molecule has 0 saturated carbocycles. The predicted octanol–water partition coefficient (Wildman–Crippen LogP) is 1.78. The molecule has 0 amide bonds. The van der Waals surface area contributed by atoms with Gasteiger partial charge in [0.15, 0.2) is 11.8 Å². The second-order valence-corrected chi connectivity index (χ2v) is 4.88. The first-order chi connectivity index (χ1) is 9.56. The van der Waals surface area contributed by atoms with Crippen LogP contribution in [0.2, 0.25) is 0 Å². The molecule has 5 nitrogen and oxygen atoms in total. The molecule has 2 heterocycles. The third kappa shape index (κ3) is 2.61. The van der Waals surface area contributed by atoms with E-state index in [9.17, 15) is 9.59 Å². The van der Waals surface area contributed by atoms with Gasteiger partial charge in [-0.2, -0.15) is 0 Å². The number of ketones is 1. The van der Waals surface area contributed by atoms with Gasteiger partial charge in [0.25, 0.3) is 0 Å². The third-order valence-corrected chi connectivity index (χ3v) is 3.55. The van der Waals surface area contributed by atoms with Crippen LogP contribution in [0.15, 0.2) is 29.5 Å². The molecule has 3 atom stereocenters. The van der Waals surface area contributed by atoms with Crippen LogP contribution in [-0.2, 0) is 14.3 Å². The van der Waals surface area contributed by atoms with Crippen LogP contribution in [0.3, 0.4) is 0 Å². The Morgan fingerprint density at radius 3 is 2.50 bits per heavy atom. The van der Waals surface area contributed by atoms with Crippen LogP contribution in [0.5, 0.6) is 0 Å². The summed E-state index contributed by atoms with van der Waals surface area (Å²) in [6.45, 7) is 5.47. The molecule has 20 heavy (non-hydrogen) atoms. The fourth-order valence-corrected chi connectivity index (χ4v) is 2.62. The van der Waals surface area contributed by atoms with E-state index < -0.39 is 6.04 Å². The van der Waals surface area contributed by atoms with E-state index in [1.54, 1.807) is 19.3 Å².